The average molecular weight is 409 g/mol. The van der Waals surface area contributed by atoms with Crippen molar-refractivity contribution in [3.8, 4) is 11.3 Å². The van der Waals surface area contributed by atoms with E-state index in [9.17, 15) is 4.79 Å². The van der Waals surface area contributed by atoms with E-state index >= 15 is 0 Å². The third-order valence-electron chi connectivity index (χ3n) is 6.31. The van der Waals surface area contributed by atoms with Crippen molar-refractivity contribution in [3.05, 3.63) is 42.1 Å². The maximum atomic E-state index is 12.2. The van der Waals surface area contributed by atoms with Gasteiger partial charge in [-0.3, -0.25) is 9.78 Å². The Morgan fingerprint density at radius 3 is 2.67 bits per heavy atom. The van der Waals surface area contributed by atoms with Crippen LogP contribution >= 0.6 is 0 Å². The van der Waals surface area contributed by atoms with Crippen molar-refractivity contribution in [1.29, 1.82) is 0 Å². The summed E-state index contributed by atoms with van der Waals surface area (Å²) < 4.78 is 5.48. The zero-order valence-electron chi connectivity index (χ0n) is 18.0. The largest absolute Gasteiger partial charge is 0.368 e. The molecule has 1 unspecified atom stereocenters. The maximum absolute atomic E-state index is 12.2. The Kier molecular flexibility index (Phi) is 6.72. The minimum atomic E-state index is -0.238. The zero-order chi connectivity index (χ0) is 20.9. The van der Waals surface area contributed by atoms with Crippen LogP contribution in [-0.4, -0.2) is 40.1 Å². The molecular weight excluding hydrogens is 376 g/mol. The van der Waals surface area contributed by atoms with Gasteiger partial charge < -0.3 is 10.1 Å². The zero-order valence-corrected chi connectivity index (χ0v) is 18.0. The molecule has 6 heteroatoms. The van der Waals surface area contributed by atoms with Gasteiger partial charge in [0.2, 0.25) is 5.91 Å². The number of nitrogens with one attached hydrogen (secondary N) is 1. The lowest BCUT2D eigenvalue weighted by molar-refractivity contribution is -0.130. The van der Waals surface area contributed by atoms with Crippen LogP contribution < -0.4 is 5.32 Å². The average Bonchev–Trinajstić information content (AvgIpc) is 3.33. The third kappa shape index (κ3) is 4.86. The van der Waals surface area contributed by atoms with Gasteiger partial charge in [-0.1, -0.05) is 19.9 Å². The summed E-state index contributed by atoms with van der Waals surface area (Å²) in [4.78, 5) is 26.3. The number of aromatic nitrogens is 3. The molecule has 3 heterocycles. The first-order chi connectivity index (χ1) is 14.6. The first-order valence-corrected chi connectivity index (χ1v) is 11.3. The van der Waals surface area contributed by atoms with Gasteiger partial charge in [-0.05, 0) is 56.6 Å². The number of ether oxygens (including phenoxy) is 1. The van der Waals surface area contributed by atoms with Crippen molar-refractivity contribution in [1.82, 2.24) is 20.3 Å². The van der Waals surface area contributed by atoms with Gasteiger partial charge in [0, 0.05) is 42.9 Å². The SMILES string of the molecule is CC(C)c1ncc(-c2ccccn2)c(C2CCC(CNC(=O)C3CCCO3)CC2)n1. The topological polar surface area (TPSA) is 77.0 Å². The van der Waals surface area contributed by atoms with E-state index in [2.05, 4.69) is 29.1 Å². The summed E-state index contributed by atoms with van der Waals surface area (Å²) in [5.41, 5.74) is 3.12. The molecule has 0 bridgehead atoms. The Morgan fingerprint density at radius 1 is 1.17 bits per heavy atom. The number of carbonyl (C=O) groups excluding carboxylic acids is 1. The van der Waals surface area contributed by atoms with Crippen LogP contribution in [0.4, 0.5) is 0 Å². The van der Waals surface area contributed by atoms with E-state index in [1.807, 2.05) is 30.6 Å². The van der Waals surface area contributed by atoms with Crippen LogP contribution in [0.25, 0.3) is 11.3 Å². The van der Waals surface area contributed by atoms with Crippen molar-refractivity contribution in [3.63, 3.8) is 0 Å². The van der Waals surface area contributed by atoms with Crippen LogP contribution in [0.15, 0.2) is 30.6 Å². The molecule has 2 fully saturated rings. The predicted molar refractivity (Wildman–Crippen MR) is 116 cm³/mol. The van der Waals surface area contributed by atoms with Crippen LogP contribution in [0.2, 0.25) is 0 Å². The Morgan fingerprint density at radius 2 is 2.00 bits per heavy atom. The molecule has 2 aromatic rings. The second-order valence-electron chi connectivity index (χ2n) is 8.86. The second kappa shape index (κ2) is 9.65. The molecule has 160 valence electrons. The highest BCUT2D eigenvalue weighted by atomic mass is 16.5. The van der Waals surface area contributed by atoms with Gasteiger partial charge in [-0.2, -0.15) is 0 Å². The summed E-state index contributed by atoms with van der Waals surface area (Å²) in [6.07, 6.45) is 9.72. The Bertz CT molecular complexity index is 842. The van der Waals surface area contributed by atoms with Gasteiger partial charge in [0.25, 0.3) is 0 Å². The number of rotatable bonds is 6. The number of carbonyl (C=O) groups is 1. The molecule has 6 nitrogen and oxygen atoms in total. The highest BCUT2D eigenvalue weighted by Crippen LogP contribution is 2.38. The molecule has 4 rings (SSSR count). The number of hydrogen-bond acceptors (Lipinski definition) is 5. The number of amides is 1. The van der Waals surface area contributed by atoms with Crippen molar-refractivity contribution in [2.24, 2.45) is 5.92 Å². The highest BCUT2D eigenvalue weighted by molar-refractivity contribution is 5.80. The van der Waals surface area contributed by atoms with Gasteiger partial charge in [0.05, 0.1) is 11.4 Å². The summed E-state index contributed by atoms with van der Waals surface area (Å²) in [5.74, 6) is 2.19. The van der Waals surface area contributed by atoms with Gasteiger partial charge in [-0.25, -0.2) is 9.97 Å². The standard InChI is InChI=1S/C24H32N4O2/c1-16(2)23-26-15-19(20-6-3-4-12-25-20)22(28-23)18-10-8-17(9-11-18)14-27-24(29)21-7-5-13-30-21/h3-4,6,12,15-18,21H,5,7-11,13-14H2,1-2H3,(H,27,29). The lowest BCUT2D eigenvalue weighted by atomic mass is 9.79. The Labute approximate surface area is 178 Å². The molecule has 1 saturated heterocycles. The monoisotopic (exact) mass is 408 g/mol. The molecule has 2 aliphatic rings. The quantitative estimate of drug-likeness (QED) is 0.774. The molecule has 0 spiro atoms. The van der Waals surface area contributed by atoms with E-state index in [4.69, 9.17) is 9.72 Å². The molecule has 1 saturated carbocycles. The number of pyridine rings is 1. The Hall–Kier alpha value is -2.34. The minimum Gasteiger partial charge on any atom is -0.368 e. The lowest BCUT2D eigenvalue weighted by Gasteiger charge is -2.29. The summed E-state index contributed by atoms with van der Waals surface area (Å²) in [5, 5.41) is 3.11. The normalized spacial score (nSPS) is 24.2. The first-order valence-electron chi connectivity index (χ1n) is 11.3. The summed E-state index contributed by atoms with van der Waals surface area (Å²) in [7, 11) is 0. The Balaban J connectivity index is 1.42. The molecule has 1 aliphatic carbocycles. The van der Waals surface area contributed by atoms with Crippen molar-refractivity contribution >= 4 is 5.91 Å². The molecule has 30 heavy (non-hydrogen) atoms. The summed E-state index contributed by atoms with van der Waals surface area (Å²) >= 11 is 0. The fourth-order valence-electron chi connectivity index (χ4n) is 4.50. The van der Waals surface area contributed by atoms with Gasteiger partial charge >= 0.3 is 0 Å². The van der Waals surface area contributed by atoms with Crippen LogP contribution in [0.5, 0.6) is 0 Å². The predicted octanol–water partition coefficient (Wildman–Crippen LogP) is 4.23. The molecule has 0 radical (unpaired) electrons. The molecule has 1 atom stereocenters. The van der Waals surface area contributed by atoms with E-state index in [1.165, 1.54) is 0 Å². The van der Waals surface area contributed by atoms with E-state index in [0.29, 0.717) is 24.4 Å². The van der Waals surface area contributed by atoms with Gasteiger partial charge in [-0.15, -0.1) is 0 Å². The van der Waals surface area contributed by atoms with Gasteiger partial charge in [0.15, 0.2) is 0 Å². The van der Waals surface area contributed by atoms with E-state index in [1.54, 1.807) is 0 Å². The van der Waals surface area contributed by atoms with Crippen LogP contribution in [0.3, 0.4) is 0 Å². The van der Waals surface area contributed by atoms with Crippen molar-refractivity contribution in [2.45, 2.75) is 70.3 Å². The van der Waals surface area contributed by atoms with Crippen molar-refractivity contribution in [2.75, 3.05) is 13.2 Å². The molecule has 0 aromatic carbocycles. The highest BCUT2D eigenvalue weighted by Gasteiger charge is 2.28. The van der Waals surface area contributed by atoms with Crippen LogP contribution in [0.1, 0.15) is 75.7 Å². The number of hydrogen-bond donors (Lipinski definition) is 1. The molecule has 1 amide bonds. The molecular formula is C24H32N4O2. The van der Waals surface area contributed by atoms with Crippen molar-refractivity contribution < 1.29 is 9.53 Å². The maximum Gasteiger partial charge on any atom is 0.249 e. The minimum absolute atomic E-state index is 0.0597. The van der Waals surface area contributed by atoms with E-state index < -0.39 is 0 Å². The molecule has 1 aliphatic heterocycles. The van der Waals surface area contributed by atoms with Crippen LogP contribution in [-0.2, 0) is 9.53 Å². The summed E-state index contributed by atoms with van der Waals surface area (Å²) in [6.45, 7) is 5.72. The smallest absolute Gasteiger partial charge is 0.249 e. The first kappa shape index (κ1) is 20.9. The number of nitrogens with zero attached hydrogens (tertiary/aromatic N) is 3. The fourth-order valence-corrected chi connectivity index (χ4v) is 4.50. The lowest BCUT2D eigenvalue weighted by Crippen LogP contribution is -2.37. The van der Waals surface area contributed by atoms with Crippen LogP contribution in [0, 0.1) is 5.92 Å². The van der Waals surface area contributed by atoms with Gasteiger partial charge in [0.1, 0.15) is 11.9 Å². The second-order valence-corrected chi connectivity index (χ2v) is 8.86. The summed E-state index contributed by atoms with van der Waals surface area (Å²) in [6, 6.07) is 5.97. The molecule has 1 N–H and O–H groups in total. The molecule has 2 aromatic heterocycles. The third-order valence-corrected chi connectivity index (χ3v) is 6.31. The van der Waals surface area contributed by atoms with E-state index in [0.717, 1.165) is 67.8 Å². The fraction of sp³-hybridized carbons (Fsp3) is 0.583. The van der Waals surface area contributed by atoms with E-state index in [-0.39, 0.29) is 12.0 Å².